The van der Waals surface area contributed by atoms with E-state index in [2.05, 4.69) is 123 Å². The standard InChI is InChI=1S/C29H27N/c1-20(21-10-6-4-7-11-21)30-24-15-17-26-25-16-14-23(22-12-8-5-9-13-22)18-27(25)29(2,3)28(26)19-24/h4-20,30H,1-3H3. The Hall–Kier alpha value is -3.32. The third-order valence-corrected chi connectivity index (χ3v) is 6.47. The quantitative estimate of drug-likeness (QED) is 0.375. The predicted molar refractivity (Wildman–Crippen MR) is 128 cm³/mol. The van der Waals surface area contributed by atoms with E-state index in [-0.39, 0.29) is 11.5 Å². The van der Waals surface area contributed by atoms with Gasteiger partial charge in [0, 0.05) is 17.1 Å². The SMILES string of the molecule is CC(Nc1ccc2c(c1)C(C)(C)c1cc(-c3ccccc3)ccc1-2)c1ccccc1. The second-order valence-corrected chi connectivity index (χ2v) is 8.79. The Balaban J connectivity index is 1.50. The fourth-order valence-electron chi connectivity index (χ4n) is 4.71. The summed E-state index contributed by atoms with van der Waals surface area (Å²) in [5, 5.41) is 3.69. The molecule has 30 heavy (non-hydrogen) atoms. The van der Waals surface area contributed by atoms with E-state index < -0.39 is 0 Å². The Labute approximate surface area is 179 Å². The van der Waals surface area contributed by atoms with E-state index in [0.717, 1.165) is 0 Å². The number of nitrogens with one attached hydrogen (secondary N) is 1. The highest BCUT2D eigenvalue weighted by molar-refractivity contribution is 5.84. The van der Waals surface area contributed by atoms with Gasteiger partial charge in [-0.1, -0.05) is 92.7 Å². The van der Waals surface area contributed by atoms with Crippen LogP contribution < -0.4 is 5.32 Å². The Kier molecular flexibility index (Phi) is 4.47. The van der Waals surface area contributed by atoms with Crippen LogP contribution in [0.3, 0.4) is 0 Å². The molecule has 1 heteroatoms. The number of anilines is 1. The van der Waals surface area contributed by atoms with Gasteiger partial charge in [-0.15, -0.1) is 0 Å². The first kappa shape index (κ1) is 18.7. The van der Waals surface area contributed by atoms with E-state index in [1.54, 1.807) is 0 Å². The monoisotopic (exact) mass is 389 g/mol. The van der Waals surface area contributed by atoms with Crippen molar-refractivity contribution < 1.29 is 0 Å². The molecule has 4 aromatic carbocycles. The van der Waals surface area contributed by atoms with Crippen LogP contribution >= 0.6 is 0 Å². The lowest BCUT2D eigenvalue weighted by molar-refractivity contribution is 0.660. The summed E-state index contributed by atoms with van der Waals surface area (Å²) in [6.07, 6.45) is 0. The molecule has 1 atom stereocenters. The fraction of sp³-hybridized carbons (Fsp3) is 0.172. The third kappa shape index (κ3) is 3.11. The number of fused-ring (bicyclic) bond motifs is 3. The van der Waals surface area contributed by atoms with Crippen LogP contribution in [0.1, 0.15) is 43.5 Å². The molecular formula is C29H27N. The second kappa shape index (κ2) is 7.18. The predicted octanol–water partition coefficient (Wildman–Crippen LogP) is 7.83. The van der Waals surface area contributed by atoms with Crippen molar-refractivity contribution in [1.82, 2.24) is 0 Å². The van der Waals surface area contributed by atoms with Crippen LogP contribution in [0, 0.1) is 0 Å². The zero-order valence-electron chi connectivity index (χ0n) is 17.8. The molecule has 1 nitrogen and oxygen atoms in total. The first-order valence-electron chi connectivity index (χ1n) is 10.7. The van der Waals surface area contributed by atoms with Gasteiger partial charge in [0.2, 0.25) is 0 Å². The summed E-state index contributed by atoms with van der Waals surface area (Å²) in [6.45, 7) is 6.91. The maximum atomic E-state index is 3.69. The van der Waals surface area contributed by atoms with Crippen molar-refractivity contribution in [2.24, 2.45) is 0 Å². The highest BCUT2D eigenvalue weighted by Gasteiger charge is 2.35. The molecule has 0 aromatic heterocycles. The maximum absolute atomic E-state index is 3.69. The zero-order valence-corrected chi connectivity index (χ0v) is 17.8. The second-order valence-electron chi connectivity index (χ2n) is 8.79. The van der Waals surface area contributed by atoms with Crippen molar-refractivity contribution in [3.63, 3.8) is 0 Å². The maximum Gasteiger partial charge on any atom is 0.0485 e. The molecule has 1 aliphatic rings. The summed E-state index contributed by atoms with van der Waals surface area (Å²) >= 11 is 0. The lowest BCUT2D eigenvalue weighted by Crippen LogP contribution is -2.15. The van der Waals surface area contributed by atoms with E-state index in [1.807, 2.05) is 0 Å². The first-order chi connectivity index (χ1) is 14.5. The van der Waals surface area contributed by atoms with Gasteiger partial charge < -0.3 is 5.32 Å². The van der Waals surface area contributed by atoms with Crippen molar-refractivity contribution in [3.05, 3.63) is 114 Å². The van der Waals surface area contributed by atoms with Crippen LogP contribution in [0.25, 0.3) is 22.3 Å². The van der Waals surface area contributed by atoms with Crippen molar-refractivity contribution in [3.8, 4) is 22.3 Å². The normalized spacial score (nSPS) is 14.6. The number of hydrogen-bond acceptors (Lipinski definition) is 1. The smallest absolute Gasteiger partial charge is 0.0485 e. The minimum atomic E-state index is -0.0247. The van der Waals surface area contributed by atoms with Crippen LogP contribution in [0.4, 0.5) is 5.69 Å². The summed E-state index contributed by atoms with van der Waals surface area (Å²) in [5.74, 6) is 0. The van der Waals surface area contributed by atoms with Gasteiger partial charge >= 0.3 is 0 Å². The number of rotatable bonds is 4. The Morgan fingerprint density at radius 1 is 0.633 bits per heavy atom. The molecule has 1 unspecified atom stereocenters. The molecule has 0 bridgehead atoms. The molecule has 1 aliphatic carbocycles. The highest BCUT2D eigenvalue weighted by atomic mass is 14.9. The average Bonchev–Trinajstić information content (AvgIpc) is 3.01. The lowest BCUT2D eigenvalue weighted by atomic mass is 9.81. The van der Waals surface area contributed by atoms with Gasteiger partial charge in [-0.25, -0.2) is 0 Å². The minimum absolute atomic E-state index is 0.0247. The van der Waals surface area contributed by atoms with E-state index >= 15 is 0 Å². The van der Waals surface area contributed by atoms with Crippen molar-refractivity contribution in [2.75, 3.05) is 5.32 Å². The average molecular weight is 390 g/mol. The van der Waals surface area contributed by atoms with Crippen LogP contribution in [0.5, 0.6) is 0 Å². The van der Waals surface area contributed by atoms with Crippen LogP contribution in [-0.4, -0.2) is 0 Å². The van der Waals surface area contributed by atoms with Crippen molar-refractivity contribution in [1.29, 1.82) is 0 Å². The Bertz CT molecular complexity index is 1190. The third-order valence-electron chi connectivity index (χ3n) is 6.47. The zero-order chi connectivity index (χ0) is 20.7. The molecule has 0 fully saturated rings. The van der Waals surface area contributed by atoms with Crippen LogP contribution in [0.2, 0.25) is 0 Å². The summed E-state index contributed by atoms with van der Waals surface area (Å²) in [6, 6.07) is 35.3. The minimum Gasteiger partial charge on any atom is -0.379 e. The van der Waals surface area contributed by atoms with Gasteiger partial charge in [0.25, 0.3) is 0 Å². The summed E-state index contributed by atoms with van der Waals surface area (Å²) in [5.41, 5.74) is 10.5. The highest BCUT2D eigenvalue weighted by Crippen LogP contribution is 2.50. The summed E-state index contributed by atoms with van der Waals surface area (Å²) < 4.78 is 0. The topological polar surface area (TPSA) is 12.0 Å². The van der Waals surface area contributed by atoms with E-state index in [0.29, 0.717) is 0 Å². The van der Waals surface area contributed by atoms with E-state index in [4.69, 9.17) is 0 Å². The molecule has 0 spiro atoms. The van der Waals surface area contributed by atoms with Crippen LogP contribution in [-0.2, 0) is 5.41 Å². The van der Waals surface area contributed by atoms with Gasteiger partial charge in [-0.05, 0) is 64.1 Å². The van der Waals surface area contributed by atoms with Gasteiger partial charge in [0.1, 0.15) is 0 Å². The van der Waals surface area contributed by atoms with Gasteiger partial charge in [0.05, 0.1) is 0 Å². The molecule has 0 heterocycles. The number of benzene rings is 4. The largest absolute Gasteiger partial charge is 0.379 e. The molecule has 5 rings (SSSR count). The van der Waals surface area contributed by atoms with Gasteiger partial charge in [-0.3, -0.25) is 0 Å². The molecule has 0 saturated heterocycles. The van der Waals surface area contributed by atoms with E-state index in [1.165, 1.54) is 44.6 Å². The Morgan fingerprint density at radius 2 is 1.23 bits per heavy atom. The molecule has 0 radical (unpaired) electrons. The molecule has 4 aromatic rings. The van der Waals surface area contributed by atoms with Crippen molar-refractivity contribution in [2.45, 2.75) is 32.2 Å². The summed E-state index contributed by atoms with van der Waals surface area (Å²) in [4.78, 5) is 0. The van der Waals surface area contributed by atoms with Crippen molar-refractivity contribution >= 4 is 5.69 Å². The molecule has 1 N–H and O–H groups in total. The fourth-order valence-corrected chi connectivity index (χ4v) is 4.71. The van der Waals surface area contributed by atoms with Gasteiger partial charge in [-0.2, -0.15) is 0 Å². The molecule has 0 saturated carbocycles. The first-order valence-corrected chi connectivity index (χ1v) is 10.7. The van der Waals surface area contributed by atoms with E-state index in [9.17, 15) is 0 Å². The molecule has 148 valence electrons. The lowest BCUT2D eigenvalue weighted by Gasteiger charge is -2.23. The molecule has 0 amide bonds. The number of hydrogen-bond donors (Lipinski definition) is 1. The van der Waals surface area contributed by atoms with Gasteiger partial charge in [0.15, 0.2) is 0 Å². The Morgan fingerprint density at radius 3 is 1.93 bits per heavy atom. The molecule has 0 aliphatic heterocycles. The molecular weight excluding hydrogens is 362 g/mol. The summed E-state index contributed by atoms with van der Waals surface area (Å²) in [7, 11) is 0. The van der Waals surface area contributed by atoms with Crippen LogP contribution in [0.15, 0.2) is 97.1 Å².